The van der Waals surface area contributed by atoms with Crippen LogP contribution in [0.15, 0.2) is 24.4 Å². The van der Waals surface area contributed by atoms with Crippen LogP contribution in [0.1, 0.15) is 63.9 Å². The van der Waals surface area contributed by atoms with Gasteiger partial charge in [0.25, 0.3) is 0 Å². The van der Waals surface area contributed by atoms with E-state index in [1.54, 1.807) is 27.0 Å². The van der Waals surface area contributed by atoms with Gasteiger partial charge in [-0.3, -0.25) is 14.4 Å². The number of likely N-dealkylation sites (tertiary alicyclic amines) is 2. The summed E-state index contributed by atoms with van der Waals surface area (Å²) in [6.45, 7) is 4.43. The van der Waals surface area contributed by atoms with Crippen molar-refractivity contribution in [2.45, 2.75) is 82.5 Å². The van der Waals surface area contributed by atoms with E-state index in [0.717, 1.165) is 43.1 Å². The fourth-order valence-corrected chi connectivity index (χ4v) is 6.85. The molecule has 3 aliphatic rings. The SMILES string of the molecule is CN[C@@H](C)C(=O)N[C@H](C(=O)N1CC[C@@H]2[C@H]1[C@H](c1c[nH]c3cc(F)ccc13)CN2C(C)=O)C1CCCCC1. The van der Waals surface area contributed by atoms with Gasteiger partial charge in [0.1, 0.15) is 11.9 Å². The van der Waals surface area contributed by atoms with Crippen LogP contribution in [0.2, 0.25) is 0 Å². The van der Waals surface area contributed by atoms with Gasteiger partial charge >= 0.3 is 0 Å². The van der Waals surface area contributed by atoms with Gasteiger partial charge in [0, 0.05) is 43.0 Å². The number of hydrogen-bond acceptors (Lipinski definition) is 4. The van der Waals surface area contributed by atoms with Gasteiger partial charge in [-0.1, -0.05) is 19.3 Å². The fourth-order valence-electron chi connectivity index (χ4n) is 6.85. The number of rotatable bonds is 6. The van der Waals surface area contributed by atoms with Crippen molar-refractivity contribution in [3.8, 4) is 0 Å². The zero-order valence-corrected chi connectivity index (χ0v) is 21.9. The van der Waals surface area contributed by atoms with Crippen LogP contribution in [-0.4, -0.2) is 76.8 Å². The van der Waals surface area contributed by atoms with E-state index in [0.29, 0.717) is 25.0 Å². The number of carbonyl (C=O) groups is 3. The van der Waals surface area contributed by atoms with E-state index in [9.17, 15) is 18.8 Å². The Bertz CT molecular complexity index is 1180. The number of benzene rings is 1. The Labute approximate surface area is 217 Å². The van der Waals surface area contributed by atoms with Crippen molar-refractivity contribution in [1.29, 1.82) is 0 Å². The highest BCUT2D eigenvalue weighted by molar-refractivity contribution is 5.91. The van der Waals surface area contributed by atoms with Crippen molar-refractivity contribution >= 4 is 28.6 Å². The molecule has 1 saturated carbocycles. The minimum Gasteiger partial charge on any atom is -0.361 e. The Kier molecular flexibility index (Phi) is 7.25. The maximum atomic E-state index is 14.3. The summed E-state index contributed by atoms with van der Waals surface area (Å²) in [4.78, 5) is 46.8. The molecule has 2 aliphatic heterocycles. The van der Waals surface area contributed by atoms with Gasteiger partial charge in [-0.2, -0.15) is 0 Å². The summed E-state index contributed by atoms with van der Waals surface area (Å²) in [6, 6.07) is 3.46. The lowest BCUT2D eigenvalue weighted by Gasteiger charge is -2.36. The van der Waals surface area contributed by atoms with Crippen molar-refractivity contribution in [3.63, 3.8) is 0 Å². The molecule has 8 nitrogen and oxygen atoms in total. The predicted molar refractivity (Wildman–Crippen MR) is 139 cm³/mol. The minimum atomic E-state index is -0.577. The molecule has 37 heavy (non-hydrogen) atoms. The monoisotopic (exact) mass is 511 g/mol. The third-order valence-electron chi connectivity index (χ3n) is 8.90. The molecule has 3 heterocycles. The van der Waals surface area contributed by atoms with Crippen molar-refractivity contribution < 1.29 is 18.8 Å². The number of nitrogens with zero attached hydrogens (tertiary/aromatic N) is 2. The first-order chi connectivity index (χ1) is 17.8. The van der Waals surface area contributed by atoms with E-state index in [2.05, 4.69) is 15.6 Å². The Morgan fingerprint density at radius 2 is 1.86 bits per heavy atom. The number of hydrogen-bond donors (Lipinski definition) is 3. The van der Waals surface area contributed by atoms with Crippen molar-refractivity contribution in [2.75, 3.05) is 20.1 Å². The molecule has 1 aromatic carbocycles. The summed E-state index contributed by atoms with van der Waals surface area (Å²) in [6.07, 6.45) is 7.72. The number of amides is 3. The molecule has 0 unspecified atom stereocenters. The second kappa shape index (κ2) is 10.4. The molecule has 0 spiro atoms. The van der Waals surface area contributed by atoms with Crippen LogP contribution in [0.3, 0.4) is 0 Å². The van der Waals surface area contributed by atoms with E-state index in [1.165, 1.54) is 12.1 Å². The average molecular weight is 512 g/mol. The Morgan fingerprint density at radius 1 is 1.11 bits per heavy atom. The largest absolute Gasteiger partial charge is 0.361 e. The molecule has 9 heteroatoms. The van der Waals surface area contributed by atoms with E-state index in [4.69, 9.17) is 0 Å². The molecule has 1 aromatic heterocycles. The van der Waals surface area contributed by atoms with E-state index < -0.39 is 12.1 Å². The first-order valence-corrected chi connectivity index (χ1v) is 13.6. The molecule has 1 aliphatic carbocycles. The molecule has 2 aromatic rings. The van der Waals surface area contributed by atoms with Crippen LogP contribution in [-0.2, 0) is 14.4 Å². The highest BCUT2D eigenvalue weighted by Gasteiger charge is 2.53. The van der Waals surface area contributed by atoms with Crippen LogP contribution >= 0.6 is 0 Å². The number of fused-ring (bicyclic) bond motifs is 2. The number of likely N-dealkylation sites (N-methyl/N-ethyl adjacent to an activating group) is 1. The molecular weight excluding hydrogens is 473 g/mol. The maximum Gasteiger partial charge on any atom is 0.245 e. The Hall–Kier alpha value is -2.94. The van der Waals surface area contributed by atoms with E-state index in [-0.39, 0.29) is 47.5 Å². The molecular formula is C28H38FN5O3. The highest BCUT2D eigenvalue weighted by Crippen LogP contribution is 2.44. The molecule has 3 N–H and O–H groups in total. The van der Waals surface area contributed by atoms with Gasteiger partial charge in [-0.05, 0) is 62.9 Å². The van der Waals surface area contributed by atoms with Gasteiger partial charge in [-0.15, -0.1) is 0 Å². The minimum absolute atomic E-state index is 0.00216. The summed E-state index contributed by atoms with van der Waals surface area (Å²) < 4.78 is 13.9. The van der Waals surface area contributed by atoms with Gasteiger partial charge in [0.15, 0.2) is 0 Å². The lowest BCUT2D eigenvalue weighted by atomic mass is 9.82. The number of carbonyl (C=O) groups excluding carboxylic acids is 3. The van der Waals surface area contributed by atoms with Crippen LogP contribution in [0, 0.1) is 11.7 Å². The Balaban J connectivity index is 1.48. The van der Waals surface area contributed by atoms with Crippen LogP contribution in [0.25, 0.3) is 10.9 Å². The van der Waals surface area contributed by atoms with Gasteiger partial charge in [0.05, 0.1) is 18.1 Å². The first kappa shape index (κ1) is 25.7. The fraction of sp³-hybridized carbons (Fsp3) is 0.607. The number of halogens is 1. The number of aromatic nitrogens is 1. The number of H-pyrrole nitrogens is 1. The summed E-state index contributed by atoms with van der Waals surface area (Å²) >= 11 is 0. The summed E-state index contributed by atoms with van der Waals surface area (Å²) in [5.74, 6) is -0.522. The second-order valence-corrected chi connectivity index (χ2v) is 11.0. The maximum absolute atomic E-state index is 14.3. The number of nitrogens with one attached hydrogen (secondary N) is 3. The van der Waals surface area contributed by atoms with Gasteiger partial charge in [0.2, 0.25) is 17.7 Å². The molecule has 3 fully saturated rings. The molecule has 0 radical (unpaired) electrons. The van der Waals surface area contributed by atoms with Gasteiger partial charge < -0.3 is 25.4 Å². The summed E-state index contributed by atoms with van der Waals surface area (Å²) in [5, 5.41) is 6.98. The average Bonchev–Trinajstić information content (AvgIpc) is 3.60. The van der Waals surface area contributed by atoms with Crippen molar-refractivity contribution in [1.82, 2.24) is 25.4 Å². The van der Waals surface area contributed by atoms with Crippen LogP contribution < -0.4 is 10.6 Å². The molecule has 3 amide bonds. The normalized spacial score (nSPS) is 25.8. The smallest absolute Gasteiger partial charge is 0.245 e. The third kappa shape index (κ3) is 4.74. The predicted octanol–water partition coefficient (Wildman–Crippen LogP) is 2.90. The topological polar surface area (TPSA) is 97.5 Å². The molecule has 200 valence electrons. The lowest BCUT2D eigenvalue weighted by molar-refractivity contribution is -0.140. The molecule has 5 rings (SSSR count). The van der Waals surface area contributed by atoms with Crippen molar-refractivity contribution in [3.05, 3.63) is 35.8 Å². The van der Waals surface area contributed by atoms with E-state index >= 15 is 0 Å². The lowest BCUT2D eigenvalue weighted by Crippen LogP contribution is -2.57. The standard InChI is InChI=1S/C28H38FN5O3/c1-16(30-3)27(36)32-25(18-7-5-4-6-8-18)28(37)33-12-11-24-26(33)22(15-34(24)17(2)35)21-14-31-23-13-19(29)9-10-20(21)23/h9-10,13-14,16,18,22,24-26,30-31H,4-8,11-12,15H2,1-3H3,(H,32,36)/t16-,22-,24+,25-,26+/m0/s1. The van der Waals surface area contributed by atoms with E-state index in [1.807, 2.05) is 16.0 Å². The quantitative estimate of drug-likeness (QED) is 0.556. The zero-order chi connectivity index (χ0) is 26.3. The summed E-state index contributed by atoms with van der Waals surface area (Å²) in [5.41, 5.74) is 1.70. The van der Waals surface area contributed by atoms with Gasteiger partial charge in [-0.25, -0.2) is 4.39 Å². The van der Waals surface area contributed by atoms with Crippen LogP contribution in [0.4, 0.5) is 4.39 Å². The van der Waals surface area contributed by atoms with Crippen LogP contribution in [0.5, 0.6) is 0 Å². The molecule has 0 bridgehead atoms. The number of aromatic amines is 1. The first-order valence-electron chi connectivity index (χ1n) is 13.6. The Morgan fingerprint density at radius 3 is 2.57 bits per heavy atom. The zero-order valence-electron chi connectivity index (χ0n) is 21.9. The second-order valence-electron chi connectivity index (χ2n) is 11.0. The third-order valence-corrected chi connectivity index (χ3v) is 8.90. The highest BCUT2D eigenvalue weighted by atomic mass is 19.1. The summed E-state index contributed by atoms with van der Waals surface area (Å²) in [7, 11) is 1.74. The van der Waals surface area contributed by atoms with Crippen molar-refractivity contribution in [2.24, 2.45) is 5.92 Å². The molecule has 2 saturated heterocycles. The molecule has 5 atom stereocenters.